The molecule has 0 atom stereocenters. The summed E-state index contributed by atoms with van der Waals surface area (Å²) in [5.41, 5.74) is 1.23. The molecule has 7 heteroatoms. The summed E-state index contributed by atoms with van der Waals surface area (Å²) in [6.45, 7) is 5.32. The Hall–Kier alpha value is -1.60. The van der Waals surface area contributed by atoms with Gasteiger partial charge in [-0.25, -0.2) is 17.7 Å². The van der Waals surface area contributed by atoms with Crippen LogP contribution in [0, 0.1) is 5.41 Å². The molecule has 2 aliphatic rings. The van der Waals surface area contributed by atoms with Crippen LogP contribution in [0.2, 0.25) is 0 Å². The molecule has 6 nitrogen and oxygen atoms in total. The van der Waals surface area contributed by atoms with Crippen molar-refractivity contribution in [3.8, 4) is 0 Å². The maximum Gasteiger partial charge on any atom is 0.242 e. The Morgan fingerprint density at radius 3 is 2.58 bits per heavy atom. The van der Waals surface area contributed by atoms with Gasteiger partial charge < -0.3 is 10.2 Å². The topological polar surface area (TPSA) is 65.0 Å². The fourth-order valence-electron chi connectivity index (χ4n) is 3.87. The van der Waals surface area contributed by atoms with E-state index in [1.807, 2.05) is 12.1 Å². The van der Waals surface area contributed by atoms with Gasteiger partial charge in [-0.05, 0) is 43.2 Å². The highest BCUT2D eigenvalue weighted by Crippen LogP contribution is 2.47. The standard InChI is InChI=1S/C19H30N4O2S/c1-4-20-18(23-13-12-19(15-23)10-7-11-19)21-14-16-8-5-6-9-17(16)26(24,25)22(2)3/h5-6,8-9H,4,7,10-15H2,1-3H3,(H,20,21). The molecule has 1 aliphatic carbocycles. The third kappa shape index (κ3) is 3.74. The zero-order valence-corrected chi connectivity index (χ0v) is 16.8. The maximum atomic E-state index is 12.6. The first-order valence-corrected chi connectivity index (χ1v) is 10.9. The number of nitrogens with one attached hydrogen (secondary N) is 1. The van der Waals surface area contributed by atoms with Crippen LogP contribution in [0.5, 0.6) is 0 Å². The molecule has 1 heterocycles. The zero-order valence-electron chi connectivity index (χ0n) is 16.0. The van der Waals surface area contributed by atoms with E-state index in [0.717, 1.165) is 31.2 Å². The van der Waals surface area contributed by atoms with Gasteiger partial charge in [0, 0.05) is 33.7 Å². The van der Waals surface area contributed by atoms with Crippen LogP contribution in [0.1, 0.15) is 38.2 Å². The summed E-state index contributed by atoms with van der Waals surface area (Å²) in [6.07, 6.45) is 5.24. The lowest BCUT2D eigenvalue weighted by Gasteiger charge is -2.38. The van der Waals surface area contributed by atoms with Gasteiger partial charge in [0.25, 0.3) is 0 Å². The van der Waals surface area contributed by atoms with Gasteiger partial charge in [-0.3, -0.25) is 0 Å². The minimum absolute atomic E-state index is 0.335. The number of hydrogen-bond donors (Lipinski definition) is 1. The Balaban J connectivity index is 1.81. The smallest absolute Gasteiger partial charge is 0.242 e. The lowest BCUT2D eigenvalue weighted by molar-refractivity contribution is 0.151. The van der Waals surface area contributed by atoms with Gasteiger partial charge in [0.15, 0.2) is 5.96 Å². The molecule has 26 heavy (non-hydrogen) atoms. The Morgan fingerprint density at radius 2 is 2.00 bits per heavy atom. The van der Waals surface area contributed by atoms with E-state index in [2.05, 4.69) is 17.1 Å². The largest absolute Gasteiger partial charge is 0.357 e. The van der Waals surface area contributed by atoms with Crippen LogP contribution in [-0.4, -0.2) is 57.3 Å². The second-order valence-corrected chi connectivity index (χ2v) is 9.71. The highest BCUT2D eigenvalue weighted by atomic mass is 32.2. The predicted octanol–water partition coefficient (Wildman–Crippen LogP) is 2.28. The number of hydrogen-bond acceptors (Lipinski definition) is 3. The summed E-state index contributed by atoms with van der Waals surface area (Å²) in [4.78, 5) is 7.45. The molecule has 1 N–H and O–H groups in total. The summed E-state index contributed by atoms with van der Waals surface area (Å²) in [6, 6.07) is 7.13. The quantitative estimate of drug-likeness (QED) is 0.631. The predicted molar refractivity (Wildman–Crippen MR) is 105 cm³/mol. The van der Waals surface area contributed by atoms with E-state index in [1.165, 1.54) is 30.0 Å². The van der Waals surface area contributed by atoms with Crippen molar-refractivity contribution in [2.75, 3.05) is 33.7 Å². The average Bonchev–Trinajstić information content (AvgIpc) is 3.04. The van der Waals surface area contributed by atoms with Crippen molar-refractivity contribution in [3.05, 3.63) is 29.8 Å². The Kier molecular flexibility index (Phi) is 5.58. The average molecular weight is 379 g/mol. The minimum atomic E-state index is -3.47. The van der Waals surface area contributed by atoms with E-state index < -0.39 is 10.0 Å². The lowest BCUT2D eigenvalue weighted by Crippen LogP contribution is -2.42. The number of aliphatic imine (C=N–C) groups is 1. The van der Waals surface area contributed by atoms with Crippen molar-refractivity contribution in [1.29, 1.82) is 0 Å². The SMILES string of the molecule is CCNC(=NCc1ccccc1S(=O)(=O)N(C)C)N1CCC2(CCC2)C1. The van der Waals surface area contributed by atoms with E-state index in [-0.39, 0.29) is 0 Å². The van der Waals surface area contributed by atoms with Gasteiger partial charge in [-0.1, -0.05) is 24.6 Å². The third-order valence-corrected chi connectivity index (χ3v) is 7.53. The molecular weight excluding hydrogens is 348 g/mol. The normalized spacial score (nSPS) is 19.8. The first kappa shape index (κ1) is 19.2. The molecule has 2 fully saturated rings. The third-order valence-electron chi connectivity index (χ3n) is 5.62. The molecule has 0 radical (unpaired) electrons. The van der Waals surface area contributed by atoms with Crippen molar-refractivity contribution < 1.29 is 8.42 Å². The van der Waals surface area contributed by atoms with Crippen LogP contribution in [0.4, 0.5) is 0 Å². The van der Waals surface area contributed by atoms with Crippen LogP contribution < -0.4 is 5.32 Å². The van der Waals surface area contributed by atoms with E-state index in [1.54, 1.807) is 26.2 Å². The molecule has 0 amide bonds. The van der Waals surface area contributed by atoms with Crippen LogP contribution in [-0.2, 0) is 16.6 Å². The summed E-state index contributed by atoms with van der Waals surface area (Å²) in [5.74, 6) is 0.897. The molecule has 0 unspecified atom stereocenters. The van der Waals surface area contributed by atoms with Gasteiger partial charge in [0.2, 0.25) is 10.0 Å². The summed E-state index contributed by atoms with van der Waals surface area (Å²) >= 11 is 0. The summed E-state index contributed by atoms with van der Waals surface area (Å²) in [5, 5.41) is 3.38. The molecule has 144 valence electrons. The Bertz CT molecular complexity index is 769. The van der Waals surface area contributed by atoms with Gasteiger partial charge >= 0.3 is 0 Å². The van der Waals surface area contributed by atoms with Gasteiger partial charge in [-0.2, -0.15) is 0 Å². The monoisotopic (exact) mass is 378 g/mol. The number of benzene rings is 1. The second-order valence-electron chi connectivity index (χ2n) is 7.59. The molecule has 1 aromatic carbocycles. The summed E-state index contributed by atoms with van der Waals surface area (Å²) in [7, 11) is -0.356. The molecule has 0 aromatic heterocycles. The van der Waals surface area contributed by atoms with Crippen molar-refractivity contribution in [2.24, 2.45) is 10.4 Å². The number of likely N-dealkylation sites (tertiary alicyclic amines) is 1. The fourth-order valence-corrected chi connectivity index (χ4v) is 4.98. The van der Waals surface area contributed by atoms with E-state index in [4.69, 9.17) is 4.99 Å². The van der Waals surface area contributed by atoms with Gasteiger partial charge in [0.05, 0.1) is 11.4 Å². The van der Waals surface area contributed by atoms with Crippen molar-refractivity contribution in [2.45, 2.75) is 44.0 Å². The molecule has 1 spiro atoms. The number of rotatable bonds is 5. The first-order chi connectivity index (χ1) is 12.4. The molecule has 1 saturated carbocycles. The van der Waals surface area contributed by atoms with Crippen LogP contribution in [0.25, 0.3) is 0 Å². The number of sulfonamides is 1. The van der Waals surface area contributed by atoms with Crippen molar-refractivity contribution >= 4 is 16.0 Å². The fraction of sp³-hybridized carbons (Fsp3) is 0.632. The van der Waals surface area contributed by atoms with Gasteiger partial charge in [0.1, 0.15) is 0 Å². The number of nitrogens with zero attached hydrogens (tertiary/aromatic N) is 3. The molecule has 0 bridgehead atoms. The van der Waals surface area contributed by atoms with Crippen molar-refractivity contribution in [1.82, 2.24) is 14.5 Å². The number of guanidine groups is 1. The summed E-state index contributed by atoms with van der Waals surface area (Å²) < 4.78 is 26.4. The van der Waals surface area contributed by atoms with E-state index in [0.29, 0.717) is 16.9 Å². The van der Waals surface area contributed by atoms with E-state index >= 15 is 0 Å². The molecule has 1 aliphatic heterocycles. The highest BCUT2D eigenvalue weighted by molar-refractivity contribution is 7.89. The van der Waals surface area contributed by atoms with E-state index in [9.17, 15) is 8.42 Å². The molecule has 3 rings (SSSR count). The van der Waals surface area contributed by atoms with Crippen LogP contribution >= 0.6 is 0 Å². The highest BCUT2D eigenvalue weighted by Gasteiger charge is 2.43. The first-order valence-electron chi connectivity index (χ1n) is 9.42. The van der Waals surface area contributed by atoms with Crippen molar-refractivity contribution in [3.63, 3.8) is 0 Å². The maximum absolute atomic E-state index is 12.6. The van der Waals surface area contributed by atoms with Crippen LogP contribution in [0.3, 0.4) is 0 Å². The Morgan fingerprint density at radius 1 is 1.27 bits per heavy atom. The molecule has 1 aromatic rings. The lowest BCUT2D eigenvalue weighted by atomic mass is 9.68. The molecule has 1 saturated heterocycles. The molecular formula is C19H30N4O2S. The van der Waals surface area contributed by atoms with Crippen LogP contribution in [0.15, 0.2) is 34.2 Å². The van der Waals surface area contributed by atoms with Gasteiger partial charge in [-0.15, -0.1) is 0 Å². The zero-order chi connectivity index (χ0) is 18.8. The Labute approximate surface area is 157 Å². The minimum Gasteiger partial charge on any atom is -0.357 e. The second kappa shape index (κ2) is 7.56.